The summed E-state index contributed by atoms with van der Waals surface area (Å²) >= 11 is 0. The largest absolute Gasteiger partial charge is 0.274 e. The van der Waals surface area contributed by atoms with Crippen molar-refractivity contribution in [3.05, 3.63) is 36.7 Å². The Balaban J connectivity index is 1.97. The van der Waals surface area contributed by atoms with Crippen molar-refractivity contribution in [1.29, 1.82) is 0 Å². The number of aryl methyl sites for hydroxylation is 2. The summed E-state index contributed by atoms with van der Waals surface area (Å²) in [5, 5.41) is 0. The van der Waals surface area contributed by atoms with Crippen molar-refractivity contribution < 1.29 is 4.79 Å². The number of aromatic nitrogens is 5. The normalized spacial score (nSPS) is 10.3. The molecule has 0 saturated carbocycles. The second-order valence-electron chi connectivity index (χ2n) is 3.29. The van der Waals surface area contributed by atoms with Gasteiger partial charge < -0.3 is 0 Å². The second-order valence-corrected chi connectivity index (χ2v) is 3.29. The van der Waals surface area contributed by atoms with Crippen molar-refractivity contribution in [2.75, 3.05) is 0 Å². The molecule has 0 aliphatic rings. The van der Waals surface area contributed by atoms with Crippen LogP contribution in [0.1, 0.15) is 22.9 Å². The van der Waals surface area contributed by atoms with E-state index >= 15 is 0 Å². The van der Waals surface area contributed by atoms with Gasteiger partial charge in [-0.25, -0.2) is 19.9 Å². The quantitative estimate of drug-likeness (QED) is 0.754. The maximum absolute atomic E-state index is 11.8. The molecule has 0 amide bonds. The molecule has 6 heteroatoms. The van der Waals surface area contributed by atoms with Gasteiger partial charge in [-0.1, -0.05) is 0 Å². The Kier molecular flexibility index (Phi) is 3.00. The van der Waals surface area contributed by atoms with Crippen LogP contribution in [0.4, 0.5) is 0 Å². The predicted molar refractivity (Wildman–Crippen MR) is 55.7 cm³/mol. The molecule has 2 rings (SSSR count). The Bertz CT molecular complexity index is 479. The summed E-state index contributed by atoms with van der Waals surface area (Å²) in [5.74, 6) is 1.32. The summed E-state index contributed by atoms with van der Waals surface area (Å²) in [6.07, 6.45) is 6.99. The van der Waals surface area contributed by atoms with Gasteiger partial charge in [-0.15, -0.1) is 0 Å². The molecule has 0 bridgehead atoms. The molecule has 16 heavy (non-hydrogen) atoms. The van der Waals surface area contributed by atoms with Crippen LogP contribution >= 0.6 is 0 Å². The summed E-state index contributed by atoms with van der Waals surface area (Å²) < 4.78 is 1.53. The lowest BCUT2D eigenvalue weighted by Crippen LogP contribution is -2.13. The molecule has 6 nitrogen and oxygen atoms in total. The molecule has 2 heterocycles. The molecule has 0 fully saturated rings. The number of carbonyl (C=O) groups excluding carboxylic acids is 1. The number of hydrogen-bond acceptors (Lipinski definition) is 5. The fourth-order valence-electron chi connectivity index (χ4n) is 1.37. The molecule has 2 aromatic rings. The van der Waals surface area contributed by atoms with E-state index < -0.39 is 0 Å². The van der Waals surface area contributed by atoms with Gasteiger partial charge in [0.25, 0.3) is 0 Å². The predicted octanol–water partition coefficient (Wildman–Crippen LogP) is 0.650. The monoisotopic (exact) mass is 217 g/mol. The molecule has 0 atom stereocenters. The summed E-state index contributed by atoms with van der Waals surface area (Å²) in [7, 11) is 0. The van der Waals surface area contributed by atoms with E-state index in [1.54, 1.807) is 19.3 Å². The van der Waals surface area contributed by atoms with E-state index in [0.717, 1.165) is 0 Å². The van der Waals surface area contributed by atoms with E-state index in [9.17, 15) is 4.79 Å². The highest BCUT2D eigenvalue weighted by Crippen LogP contribution is 2.01. The summed E-state index contributed by atoms with van der Waals surface area (Å²) in [6.45, 7) is 1.79. The molecule has 0 N–H and O–H groups in total. The molecular weight excluding hydrogens is 206 g/mol. The van der Waals surface area contributed by atoms with E-state index in [1.165, 1.54) is 17.2 Å². The number of carbonyl (C=O) groups is 1. The third kappa shape index (κ3) is 2.28. The average Bonchev–Trinajstić information content (AvgIpc) is 2.74. The molecule has 0 aromatic carbocycles. The third-order valence-electron chi connectivity index (χ3n) is 2.20. The van der Waals surface area contributed by atoms with E-state index in [-0.39, 0.29) is 5.91 Å². The highest BCUT2D eigenvalue weighted by molar-refractivity contribution is 5.79. The van der Waals surface area contributed by atoms with Gasteiger partial charge in [0, 0.05) is 25.2 Å². The van der Waals surface area contributed by atoms with E-state index in [2.05, 4.69) is 19.9 Å². The molecule has 0 saturated heterocycles. The van der Waals surface area contributed by atoms with Crippen LogP contribution < -0.4 is 0 Å². The smallest absolute Gasteiger partial charge is 0.232 e. The maximum atomic E-state index is 11.8. The molecular formula is C10H11N5O. The lowest BCUT2D eigenvalue weighted by molar-refractivity contribution is 0.0899. The highest BCUT2D eigenvalue weighted by Gasteiger charge is 2.08. The zero-order valence-electron chi connectivity index (χ0n) is 8.87. The molecule has 82 valence electrons. The van der Waals surface area contributed by atoms with Crippen molar-refractivity contribution in [3.8, 4) is 0 Å². The third-order valence-corrected chi connectivity index (χ3v) is 2.20. The highest BCUT2D eigenvalue weighted by atomic mass is 16.2. The minimum atomic E-state index is -0.00425. The lowest BCUT2D eigenvalue weighted by atomic mass is 10.3. The first-order valence-electron chi connectivity index (χ1n) is 4.91. The Morgan fingerprint density at radius 1 is 1.31 bits per heavy atom. The van der Waals surface area contributed by atoms with E-state index in [4.69, 9.17) is 0 Å². The van der Waals surface area contributed by atoms with Gasteiger partial charge >= 0.3 is 0 Å². The van der Waals surface area contributed by atoms with Crippen LogP contribution in [0.25, 0.3) is 0 Å². The van der Waals surface area contributed by atoms with E-state index in [0.29, 0.717) is 24.5 Å². The van der Waals surface area contributed by atoms with Crippen molar-refractivity contribution in [2.24, 2.45) is 0 Å². The van der Waals surface area contributed by atoms with Gasteiger partial charge in [0.05, 0.1) is 0 Å². The fraction of sp³-hybridized carbons (Fsp3) is 0.300. The van der Waals surface area contributed by atoms with Crippen molar-refractivity contribution in [1.82, 2.24) is 24.5 Å². The number of hydrogen-bond donors (Lipinski definition) is 0. The molecule has 0 spiro atoms. The Hall–Kier alpha value is -2.11. The van der Waals surface area contributed by atoms with Gasteiger partial charge in [0.15, 0.2) is 0 Å². The Morgan fingerprint density at radius 2 is 2.06 bits per heavy atom. The van der Waals surface area contributed by atoms with Crippen LogP contribution in [-0.2, 0) is 6.42 Å². The van der Waals surface area contributed by atoms with Crippen LogP contribution in [0.5, 0.6) is 0 Å². The lowest BCUT2D eigenvalue weighted by Gasteiger charge is -2.02. The van der Waals surface area contributed by atoms with Gasteiger partial charge in [-0.2, -0.15) is 0 Å². The molecule has 0 unspecified atom stereocenters. The first-order valence-corrected chi connectivity index (χ1v) is 4.91. The first kappa shape index (κ1) is 10.4. The van der Waals surface area contributed by atoms with Crippen molar-refractivity contribution in [3.63, 3.8) is 0 Å². The van der Waals surface area contributed by atoms with Crippen LogP contribution in [0.2, 0.25) is 0 Å². The van der Waals surface area contributed by atoms with Crippen molar-refractivity contribution in [2.45, 2.75) is 19.8 Å². The zero-order chi connectivity index (χ0) is 11.4. The van der Waals surface area contributed by atoms with Gasteiger partial charge in [-0.3, -0.25) is 9.36 Å². The number of nitrogens with zero attached hydrogens (tertiary/aromatic N) is 5. The number of imidazole rings is 1. The van der Waals surface area contributed by atoms with Crippen LogP contribution in [-0.4, -0.2) is 30.4 Å². The SMILES string of the molecule is Cc1nccn1C(=O)CCc1ncncn1. The Labute approximate surface area is 92.4 Å². The van der Waals surface area contributed by atoms with Crippen LogP contribution in [0.15, 0.2) is 25.0 Å². The van der Waals surface area contributed by atoms with E-state index in [1.807, 2.05) is 0 Å². The summed E-state index contributed by atoms with van der Waals surface area (Å²) in [6, 6.07) is 0. The molecule has 0 aliphatic heterocycles. The van der Waals surface area contributed by atoms with Gasteiger partial charge in [0.1, 0.15) is 24.3 Å². The fourth-order valence-corrected chi connectivity index (χ4v) is 1.37. The zero-order valence-corrected chi connectivity index (χ0v) is 8.87. The summed E-state index contributed by atoms with van der Waals surface area (Å²) in [5.41, 5.74) is 0. The summed E-state index contributed by atoms with van der Waals surface area (Å²) in [4.78, 5) is 27.4. The minimum absolute atomic E-state index is 0.00425. The Morgan fingerprint density at radius 3 is 2.69 bits per heavy atom. The first-order chi connectivity index (χ1) is 7.77. The van der Waals surface area contributed by atoms with Gasteiger partial charge in [0.2, 0.25) is 5.91 Å². The molecule has 0 aliphatic carbocycles. The maximum Gasteiger partial charge on any atom is 0.232 e. The number of rotatable bonds is 3. The standard InChI is InChI=1S/C10H11N5O/c1-8-12-4-5-15(8)10(16)3-2-9-13-6-11-7-14-9/h4-7H,2-3H2,1H3. The molecule has 2 aromatic heterocycles. The average molecular weight is 217 g/mol. The van der Waals surface area contributed by atoms with Gasteiger partial charge in [-0.05, 0) is 6.92 Å². The second kappa shape index (κ2) is 4.61. The van der Waals surface area contributed by atoms with Crippen LogP contribution in [0.3, 0.4) is 0 Å². The van der Waals surface area contributed by atoms with Crippen LogP contribution in [0, 0.1) is 6.92 Å². The minimum Gasteiger partial charge on any atom is -0.274 e. The topological polar surface area (TPSA) is 73.6 Å². The van der Waals surface area contributed by atoms with Crippen molar-refractivity contribution >= 4 is 5.91 Å². The molecule has 0 radical (unpaired) electrons.